The SMILES string of the molecule is O=C(NCc1ccc(-c2ccco2)nc1)Nc1cccs1. The van der Waals surface area contributed by atoms with E-state index in [4.69, 9.17) is 4.42 Å². The first-order chi connectivity index (χ1) is 10.3. The second kappa shape index (κ2) is 6.23. The molecule has 0 bridgehead atoms. The normalized spacial score (nSPS) is 10.3. The Hall–Kier alpha value is -2.60. The van der Waals surface area contributed by atoms with Gasteiger partial charge in [-0.15, -0.1) is 11.3 Å². The van der Waals surface area contributed by atoms with Crippen LogP contribution in [0.5, 0.6) is 0 Å². The Morgan fingerprint density at radius 2 is 2.19 bits per heavy atom. The van der Waals surface area contributed by atoms with Crippen molar-refractivity contribution < 1.29 is 9.21 Å². The van der Waals surface area contributed by atoms with Crippen LogP contribution < -0.4 is 10.6 Å². The summed E-state index contributed by atoms with van der Waals surface area (Å²) in [5.41, 5.74) is 1.69. The molecule has 3 heterocycles. The van der Waals surface area contributed by atoms with E-state index in [0.717, 1.165) is 22.0 Å². The maximum absolute atomic E-state index is 11.7. The maximum Gasteiger partial charge on any atom is 0.320 e. The van der Waals surface area contributed by atoms with E-state index in [2.05, 4.69) is 15.6 Å². The summed E-state index contributed by atoms with van der Waals surface area (Å²) in [4.78, 5) is 16.0. The first-order valence-electron chi connectivity index (χ1n) is 6.38. The molecule has 6 heteroatoms. The molecule has 3 aromatic heterocycles. The standard InChI is InChI=1S/C15H13N3O2S/c19-15(18-14-4-2-8-21-14)17-10-11-5-6-12(16-9-11)13-3-1-7-20-13/h1-9H,10H2,(H2,17,18,19). The number of carbonyl (C=O) groups excluding carboxylic acids is 1. The molecular weight excluding hydrogens is 286 g/mol. The number of carbonyl (C=O) groups is 1. The average molecular weight is 299 g/mol. The second-order valence-corrected chi connectivity index (χ2v) is 5.26. The Kier molecular flexibility index (Phi) is 3.97. The number of urea groups is 1. The van der Waals surface area contributed by atoms with Crippen LogP contribution >= 0.6 is 11.3 Å². The van der Waals surface area contributed by atoms with Crippen molar-refractivity contribution in [1.82, 2.24) is 10.3 Å². The molecule has 0 unspecified atom stereocenters. The Labute approximate surface area is 125 Å². The fourth-order valence-electron chi connectivity index (χ4n) is 1.79. The van der Waals surface area contributed by atoms with Crippen LogP contribution in [0.1, 0.15) is 5.56 Å². The van der Waals surface area contributed by atoms with Crippen LogP contribution in [0.25, 0.3) is 11.5 Å². The van der Waals surface area contributed by atoms with Gasteiger partial charge in [0.1, 0.15) is 5.69 Å². The van der Waals surface area contributed by atoms with E-state index >= 15 is 0 Å². The van der Waals surface area contributed by atoms with E-state index in [1.165, 1.54) is 11.3 Å². The number of nitrogens with zero attached hydrogens (tertiary/aromatic N) is 1. The molecule has 0 radical (unpaired) electrons. The largest absolute Gasteiger partial charge is 0.463 e. The van der Waals surface area contributed by atoms with Gasteiger partial charge < -0.3 is 9.73 Å². The molecule has 0 atom stereocenters. The van der Waals surface area contributed by atoms with Gasteiger partial charge in [0.2, 0.25) is 0 Å². The highest BCUT2D eigenvalue weighted by Gasteiger charge is 2.04. The summed E-state index contributed by atoms with van der Waals surface area (Å²) in [6.45, 7) is 0.419. The quantitative estimate of drug-likeness (QED) is 0.771. The van der Waals surface area contributed by atoms with Gasteiger partial charge in [-0.1, -0.05) is 6.07 Å². The molecule has 106 valence electrons. The molecule has 2 amide bonds. The minimum atomic E-state index is -0.229. The van der Waals surface area contributed by atoms with Crippen LogP contribution in [0.2, 0.25) is 0 Å². The summed E-state index contributed by atoms with van der Waals surface area (Å²) >= 11 is 1.48. The van der Waals surface area contributed by atoms with E-state index in [-0.39, 0.29) is 6.03 Å². The third-order valence-corrected chi connectivity index (χ3v) is 3.59. The molecular formula is C15H13N3O2S. The molecule has 0 aliphatic heterocycles. The molecule has 2 N–H and O–H groups in total. The van der Waals surface area contributed by atoms with Crippen molar-refractivity contribution in [2.75, 3.05) is 5.32 Å². The zero-order valence-electron chi connectivity index (χ0n) is 11.1. The minimum absolute atomic E-state index is 0.229. The molecule has 0 saturated carbocycles. The number of hydrogen-bond donors (Lipinski definition) is 2. The summed E-state index contributed by atoms with van der Waals surface area (Å²) in [5, 5.41) is 8.27. The van der Waals surface area contributed by atoms with Crippen LogP contribution in [0.4, 0.5) is 9.80 Å². The van der Waals surface area contributed by atoms with Gasteiger partial charge in [-0.2, -0.15) is 0 Å². The number of pyridine rings is 1. The van der Waals surface area contributed by atoms with Crippen LogP contribution in [-0.2, 0) is 6.54 Å². The van der Waals surface area contributed by atoms with E-state index in [1.54, 1.807) is 12.5 Å². The average Bonchev–Trinajstić information content (AvgIpc) is 3.19. The first kappa shape index (κ1) is 13.4. The zero-order valence-corrected chi connectivity index (χ0v) is 11.9. The molecule has 0 spiro atoms. The second-order valence-electron chi connectivity index (χ2n) is 4.31. The van der Waals surface area contributed by atoms with Crippen molar-refractivity contribution in [3.63, 3.8) is 0 Å². The lowest BCUT2D eigenvalue weighted by molar-refractivity contribution is 0.252. The zero-order chi connectivity index (χ0) is 14.5. The predicted molar refractivity (Wildman–Crippen MR) is 82.1 cm³/mol. The van der Waals surface area contributed by atoms with Crippen LogP contribution in [-0.4, -0.2) is 11.0 Å². The fourth-order valence-corrected chi connectivity index (χ4v) is 2.40. The van der Waals surface area contributed by atoms with Gasteiger partial charge in [0.15, 0.2) is 5.76 Å². The van der Waals surface area contributed by atoms with Gasteiger partial charge in [-0.05, 0) is 41.3 Å². The van der Waals surface area contributed by atoms with Gasteiger partial charge >= 0.3 is 6.03 Å². The van der Waals surface area contributed by atoms with E-state index in [1.807, 2.05) is 41.8 Å². The Morgan fingerprint density at radius 1 is 1.24 bits per heavy atom. The maximum atomic E-state index is 11.7. The fraction of sp³-hybridized carbons (Fsp3) is 0.0667. The van der Waals surface area contributed by atoms with E-state index in [9.17, 15) is 4.79 Å². The number of nitrogens with one attached hydrogen (secondary N) is 2. The van der Waals surface area contributed by atoms with Crippen molar-refractivity contribution >= 4 is 22.4 Å². The van der Waals surface area contributed by atoms with Gasteiger partial charge in [0.05, 0.1) is 11.3 Å². The first-order valence-corrected chi connectivity index (χ1v) is 7.26. The smallest absolute Gasteiger partial charge is 0.320 e. The number of furan rings is 1. The Balaban J connectivity index is 1.55. The number of anilines is 1. The molecule has 0 aliphatic carbocycles. The number of amides is 2. The summed E-state index contributed by atoms with van der Waals surface area (Å²) in [6, 6.07) is 11.0. The lowest BCUT2D eigenvalue weighted by Crippen LogP contribution is -2.27. The topological polar surface area (TPSA) is 67.2 Å². The van der Waals surface area contributed by atoms with Crippen LogP contribution in [0.3, 0.4) is 0 Å². The van der Waals surface area contributed by atoms with Crippen molar-refractivity contribution in [2.45, 2.75) is 6.54 Å². The lowest BCUT2D eigenvalue weighted by Gasteiger charge is -2.06. The van der Waals surface area contributed by atoms with Gasteiger partial charge in [-0.25, -0.2) is 4.79 Å². The van der Waals surface area contributed by atoms with Crippen molar-refractivity contribution in [3.8, 4) is 11.5 Å². The molecule has 21 heavy (non-hydrogen) atoms. The number of rotatable bonds is 4. The molecule has 0 aliphatic rings. The van der Waals surface area contributed by atoms with Gasteiger partial charge in [0, 0.05) is 12.7 Å². The minimum Gasteiger partial charge on any atom is -0.463 e. The molecule has 3 aromatic rings. The van der Waals surface area contributed by atoms with Crippen molar-refractivity contribution in [2.24, 2.45) is 0 Å². The van der Waals surface area contributed by atoms with Crippen LogP contribution in [0.15, 0.2) is 58.7 Å². The summed E-state index contributed by atoms with van der Waals surface area (Å²) in [7, 11) is 0. The highest BCUT2D eigenvalue weighted by atomic mass is 32.1. The summed E-state index contributed by atoms with van der Waals surface area (Å²) in [5.74, 6) is 0.727. The molecule has 3 rings (SSSR count). The summed E-state index contributed by atoms with van der Waals surface area (Å²) < 4.78 is 5.28. The van der Waals surface area contributed by atoms with Gasteiger partial charge in [0.25, 0.3) is 0 Å². The van der Waals surface area contributed by atoms with Crippen molar-refractivity contribution in [3.05, 3.63) is 59.8 Å². The molecule has 0 fully saturated rings. The summed E-state index contributed by atoms with van der Waals surface area (Å²) in [6.07, 6.45) is 3.34. The van der Waals surface area contributed by atoms with Gasteiger partial charge in [-0.3, -0.25) is 10.3 Å². The lowest BCUT2D eigenvalue weighted by atomic mass is 10.2. The molecule has 0 aromatic carbocycles. The monoisotopic (exact) mass is 299 g/mol. The predicted octanol–water partition coefficient (Wildman–Crippen LogP) is 3.72. The van der Waals surface area contributed by atoms with Crippen LogP contribution in [0, 0.1) is 0 Å². The highest BCUT2D eigenvalue weighted by Crippen LogP contribution is 2.17. The van der Waals surface area contributed by atoms with Crippen molar-refractivity contribution in [1.29, 1.82) is 0 Å². The number of aromatic nitrogens is 1. The Morgan fingerprint density at radius 3 is 2.86 bits per heavy atom. The Bertz CT molecular complexity index is 691. The highest BCUT2D eigenvalue weighted by molar-refractivity contribution is 7.14. The number of hydrogen-bond acceptors (Lipinski definition) is 4. The third-order valence-electron chi connectivity index (χ3n) is 2.81. The molecule has 0 saturated heterocycles. The third kappa shape index (κ3) is 3.49. The van der Waals surface area contributed by atoms with E-state index < -0.39 is 0 Å². The van der Waals surface area contributed by atoms with E-state index in [0.29, 0.717) is 6.54 Å². The number of thiophene rings is 1. The molecule has 5 nitrogen and oxygen atoms in total.